The van der Waals surface area contributed by atoms with Gasteiger partial charge in [-0.1, -0.05) is 6.07 Å². The molecule has 2 unspecified atom stereocenters. The van der Waals surface area contributed by atoms with Crippen molar-refractivity contribution in [2.24, 2.45) is 11.8 Å². The van der Waals surface area contributed by atoms with Crippen LogP contribution in [0.25, 0.3) is 0 Å². The van der Waals surface area contributed by atoms with Gasteiger partial charge in [-0.05, 0) is 49.9 Å². The van der Waals surface area contributed by atoms with E-state index in [0.717, 1.165) is 38.9 Å². The number of amides is 3. The summed E-state index contributed by atoms with van der Waals surface area (Å²) in [5, 5.41) is 8.68. The van der Waals surface area contributed by atoms with Crippen LogP contribution in [0.3, 0.4) is 0 Å². The molecule has 0 radical (unpaired) electrons. The van der Waals surface area contributed by atoms with Gasteiger partial charge in [0.1, 0.15) is 5.82 Å². The smallest absolute Gasteiger partial charge is 0.319 e. The second kappa shape index (κ2) is 8.29. The fourth-order valence-corrected chi connectivity index (χ4v) is 3.53. The highest BCUT2D eigenvalue weighted by Crippen LogP contribution is 2.20. The first-order valence-corrected chi connectivity index (χ1v) is 8.92. The van der Waals surface area contributed by atoms with E-state index in [4.69, 9.17) is 0 Å². The fraction of sp³-hybridized carbons (Fsp3) is 0.556. The molecular weight excluding hydrogens is 323 g/mol. The number of hydrogen-bond acceptors (Lipinski definition) is 3. The van der Waals surface area contributed by atoms with Crippen molar-refractivity contribution >= 4 is 17.6 Å². The van der Waals surface area contributed by atoms with Crippen LogP contribution >= 0.6 is 0 Å². The van der Waals surface area contributed by atoms with Crippen molar-refractivity contribution in [3.63, 3.8) is 0 Å². The van der Waals surface area contributed by atoms with E-state index in [0.29, 0.717) is 18.8 Å². The molecule has 2 fully saturated rings. The molecule has 0 aliphatic carbocycles. The van der Waals surface area contributed by atoms with Crippen molar-refractivity contribution in [2.45, 2.75) is 19.3 Å². The van der Waals surface area contributed by atoms with Gasteiger partial charge in [0.15, 0.2) is 0 Å². The van der Waals surface area contributed by atoms with E-state index < -0.39 is 0 Å². The van der Waals surface area contributed by atoms with Gasteiger partial charge in [-0.25, -0.2) is 9.18 Å². The zero-order valence-corrected chi connectivity index (χ0v) is 14.3. The number of likely N-dealkylation sites (tertiary alicyclic amines) is 1. The average Bonchev–Trinajstić information content (AvgIpc) is 3.14. The predicted molar refractivity (Wildman–Crippen MR) is 93.7 cm³/mol. The van der Waals surface area contributed by atoms with Crippen LogP contribution in [0, 0.1) is 17.7 Å². The van der Waals surface area contributed by atoms with Crippen molar-refractivity contribution < 1.29 is 14.0 Å². The predicted octanol–water partition coefficient (Wildman–Crippen LogP) is 1.80. The summed E-state index contributed by atoms with van der Waals surface area (Å²) in [5.41, 5.74) is 0.423. The van der Waals surface area contributed by atoms with E-state index in [1.54, 1.807) is 12.1 Å². The van der Waals surface area contributed by atoms with E-state index in [9.17, 15) is 14.0 Å². The summed E-state index contributed by atoms with van der Waals surface area (Å²) < 4.78 is 13.1. The summed E-state index contributed by atoms with van der Waals surface area (Å²) in [6.07, 6.45) is 2.87. The largest absolute Gasteiger partial charge is 0.342 e. The Hall–Kier alpha value is -2.15. The normalized spacial score (nSPS) is 23.3. The second-order valence-corrected chi connectivity index (χ2v) is 6.83. The molecule has 0 spiro atoms. The first kappa shape index (κ1) is 17.7. The van der Waals surface area contributed by atoms with Crippen molar-refractivity contribution in [3.05, 3.63) is 30.1 Å². The van der Waals surface area contributed by atoms with Gasteiger partial charge in [-0.3, -0.25) is 4.79 Å². The molecule has 1 aromatic carbocycles. The van der Waals surface area contributed by atoms with Gasteiger partial charge >= 0.3 is 6.03 Å². The molecule has 3 amide bonds. The lowest BCUT2D eigenvalue weighted by molar-refractivity contribution is -0.136. The molecule has 2 heterocycles. The van der Waals surface area contributed by atoms with Crippen LogP contribution < -0.4 is 16.0 Å². The fourth-order valence-electron chi connectivity index (χ4n) is 3.53. The van der Waals surface area contributed by atoms with E-state index in [2.05, 4.69) is 16.0 Å². The molecule has 0 aromatic heterocycles. The second-order valence-electron chi connectivity index (χ2n) is 6.83. The summed E-state index contributed by atoms with van der Waals surface area (Å²) in [6.45, 7) is 3.69. The number of rotatable bonds is 4. The summed E-state index contributed by atoms with van der Waals surface area (Å²) in [5.74, 6) is 0.202. The minimum absolute atomic E-state index is 0.1000. The summed E-state index contributed by atoms with van der Waals surface area (Å²) >= 11 is 0. The van der Waals surface area contributed by atoms with Gasteiger partial charge in [-0.2, -0.15) is 0 Å². The number of hydrogen-bond donors (Lipinski definition) is 3. The van der Waals surface area contributed by atoms with Crippen LogP contribution in [0.1, 0.15) is 19.3 Å². The van der Waals surface area contributed by atoms with Crippen molar-refractivity contribution in [1.82, 2.24) is 15.5 Å². The quantitative estimate of drug-likeness (QED) is 0.777. The Balaban J connectivity index is 1.44. The first-order chi connectivity index (χ1) is 12.1. The molecule has 3 N–H and O–H groups in total. The van der Waals surface area contributed by atoms with Crippen LogP contribution in [0.2, 0.25) is 0 Å². The zero-order valence-electron chi connectivity index (χ0n) is 14.3. The Morgan fingerprint density at radius 3 is 2.96 bits per heavy atom. The van der Waals surface area contributed by atoms with Crippen LogP contribution in [0.4, 0.5) is 14.9 Å². The summed E-state index contributed by atoms with van der Waals surface area (Å²) in [6, 6.07) is 5.44. The molecule has 0 bridgehead atoms. The number of nitrogens with one attached hydrogen (secondary N) is 3. The Morgan fingerprint density at radius 2 is 2.20 bits per heavy atom. The number of carbonyl (C=O) groups excluding carboxylic acids is 2. The SMILES string of the molecule is O=C(NCC1CCCN(C(=O)C2CCNC2)C1)Nc1cccc(F)c1. The number of urea groups is 1. The van der Waals surface area contributed by atoms with E-state index in [1.165, 1.54) is 12.1 Å². The van der Waals surface area contributed by atoms with Gasteiger partial charge in [0.05, 0.1) is 5.92 Å². The molecule has 2 aliphatic rings. The maximum absolute atomic E-state index is 13.1. The number of benzene rings is 1. The summed E-state index contributed by atoms with van der Waals surface area (Å²) in [7, 11) is 0. The number of nitrogens with zero attached hydrogens (tertiary/aromatic N) is 1. The summed E-state index contributed by atoms with van der Waals surface area (Å²) in [4.78, 5) is 26.4. The van der Waals surface area contributed by atoms with Gasteiger partial charge < -0.3 is 20.9 Å². The Labute approximate surface area is 147 Å². The van der Waals surface area contributed by atoms with Gasteiger partial charge in [0, 0.05) is 31.9 Å². The van der Waals surface area contributed by atoms with Crippen LogP contribution in [0.5, 0.6) is 0 Å². The highest BCUT2D eigenvalue weighted by molar-refractivity contribution is 5.89. The van der Waals surface area contributed by atoms with E-state index in [1.807, 2.05) is 4.90 Å². The molecule has 7 heteroatoms. The third-order valence-electron chi connectivity index (χ3n) is 4.87. The van der Waals surface area contributed by atoms with Crippen LogP contribution in [-0.4, -0.2) is 49.6 Å². The third kappa shape index (κ3) is 4.92. The maximum atomic E-state index is 13.1. The molecular formula is C18H25FN4O2. The van der Waals surface area contributed by atoms with Gasteiger partial charge in [0.2, 0.25) is 5.91 Å². The molecule has 25 heavy (non-hydrogen) atoms. The molecule has 2 saturated heterocycles. The third-order valence-corrected chi connectivity index (χ3v) is 4.87. The Morgan fingerprint density at radius 1 is 1.32 bits per heavy atom. The lowest BCUT2D eigenvalue weighted by Crippen LogP contribution is -2.46. The van der Waals surface area contributed by atoms with Crippen LogP contribution in [-0.2, 0) is 4.79 Å². The highest BCUT2D eigenvalue weighted by atomic mass is 19.1. The van der Waals surface area contributed by atoms with Crippen LogP contribution in [0.15, 0.2) is 24.3 Å². The number of piperidine rings is 1. The molecule has 1 aromatic rings. The lowest BCUT2D eigenvalue weighted by Gasteiger charge is -2.34. The number of halogens is 1. The van der Waals surface area contributed by atoms with Gasteiger partial charge in [0.25, 0.3) is 0 Å². The molecule has 2 aliphatic heterocycles. The van der Waals surface area contributed by atoms with Gasteiger partial charge in [-0.15, -0.1) is 0 Å². The molecule has 136 valence electrons. The minimum atomic E-state index is -0.388. The zero-order chi connectivity index (χ0) is 17.6. The van der Waals surface area contributed by atoms with Crippen molar-refractivity contribution in [1.29, 1.82) is 0 Å². The number of carbonyl (C=O) groups is 2. The Kier molecular flexibility index (Phi) is 5.86. The number of anilines is 1. The molecule has 2 atom stereocenters. The average molecular weight is 348 g/mol. The maximum Gasteiger partial charge on any atom is 0.319 e. The Bertz CT molecular complexity index is 619. The van der Waals surface area contributed by atoms with Crippen molar-refractivity contribution in [3.8, 4) is 0 Å². The lowest BCUT2D eigenvalue weighted by atomic mass is 9.96. The monoisotopic (exact) mass is 348 g/mol. The van der Waals surface area contributed by atoms with E-state index >= 15 is 0 Å². The first-order valence-electron chi connectivity index (χ1n) is 8.92. The minimum Gasteiger partial charge on any atom is -0.342 e. The highest BCUT2D eigenvalue weighted by Gasteiger charge is 2.30. The molecule has 6 nitrogen and oxygen atoms in total. The molecule has 0 saturated carbocycles. The van der Waals surface area contributed by atoms with E-state index in [-0.39, 0.29) is 29.6 Å². The topological polar surface area (TPSA) is 73.5 Å². The molecule has 3 rings (SSSR count). The van der Waals surface area contributed by atoms with Crippen molar-refractivity contribution in [2.75, 3.05) is 38.0 Å². The standard InChI is InChI=1S/C18H25FN4O2/c19-15-4-1-5-16(9-15)22-18(25)21-10-13-3-2-8-23(12-13)17(24)14-6-7-20-11-14/h1,4-5,9,13-14,20H,2-3,6-8,10-12H2,(H2,21,22,25).